The third-order valence-electron chi connectivity index (χ3n) is 2.87. The van der Waals surface area contributed by atoms with Crippen LogP contribution in [0.3, 0.4) is 0 Å². The summed E-state index contributed by atoms with van der Waals surface area (Å²) in [4.78, 5) is 26.6. The molecule has 6 nitrogen and oxygen atoms in total. The molecule has 104 valence electrons. The molecule has 2 heterocycles. The summed E-state index contributed by atoms with van der Waals surface area (Å²) in [6.07, 6.45) is 3.60. The van der Waals surface area contributed by atoms with Gasteiger partial charge in [-0.25, -0.2) is 4.98 Å². The van der Waals surface area contributed by atoms with Crippen molar-refractivity contribution in [3.05, 3.63) is 11.1 Å². The SMILES string of the molecule is NC(=O)Cc1csc(NC(=O)CC[C@@H]2CCCO2)n1. The van der Waals surface area contributed by atoms with Crippen molar-refractivity contribution in [3.63, 3.8) is 0 Å². The number of nitrogens with zero attached hydrogens (tertiary/aromatic N) is 1. The number of nitrogens with two attached hydrogens (primary N) is 1. The monoisotopic (exact) mass is 283 g/mol. The third-order valence-corrected chi connectivity index (χ3v) is 3.68. The van der Waals surface area contributed by atoms with E-state index in [1.165, 1.54) is 11.3 Å². The van der Waals surface area contributed by atoms with Gasteiger partial charge in [-0.3, -0.25) is 9.59 Å². The first-order valence-electron chi connectivity index (χ1n) is 6.27. The van der Waals surface area contributed by atoms with E-state index in [0.717, 1.165) is 25.9 Å². The fourth-order valence-electron chi connectivity index (χ4n) is 1.97. The number of thiazole rings is 1. The Kier molecular flexibility index (Phi) is 4.86. The Bertz CT molecular complexity index is 455. The van der Waals surface area contributed by atoms with Crippen LogP contribution in [0.1, 0.15) is 31.4 Å². The maximum Gasteiger partial charge on any atom is 0.226 e. The fraction of sp³-hybridized carbons (Fsp3) is 0.583. The van der Waals surface area contributed by atoms with E-state index in [9.17, 15) is 9.59 Å². The maximum atomic E-state index is 11.7. The summed E-state index contributed by atoms with van der Waals surface area (Å²) in [5.74, 6) is -0.503. The van der Waals surface area contributed by atoms with Crippen LogP contribution in [0.25, 0.3) is 0 Å². The van der Waals surface area contributed by atoms with Crippen molar-refractivity contribution in [3.8, 4) is 0 Å². The zero-order valence-corrected chi connectivity index (χ0v) is 11.4. The first-order valence-corrected chi connectivity index (χ1v) is 7.15. The van der Waals surface area contributed by atoms with Crippen LogP contribution in [0.2, 0.25) is 0 Å². The number of primary amides is 1. The number of anilines is 1. The van der Waals surface area contributed by atoms with Gasteiger partial charge in [-0.05, 0) is 19.3 Å². The highest BCUT2D eigenvalue weighted by molar-refractivity contribution is 7.13. The van der Waals surface area contributed by atoms with Gasteiger partial charge in [0, 0.05) is 18.4 Å². The molecule has 0 spiro atoms. The molecule has 1 aliphatic heterocycles. The minimum Gasteiger partial charge on any atom is -0.378 e. The number of hydrogen-bond acceptors (Lipinski definition) is 5. The van der Waals surface area contributed by atoms with E-state index >= 15 is 0 Å². The van der Waals surface area contributed by atoms with Crippen LogP contribution in [0.5, 0.6) is 0 Å². The minimum absolute atomic E-state index is 0.0736. The van der Waals surface area contributed by atoms with Crippen LogP contribution in [0, 0.1) is 0 Å². The Balaban J connectivity index is 1.74. The van der Waals surface area contributed by atoms with Gasteiger partial charge >= 0.3 is 0 Å². The van der Waals surface area contributed by atoms with Gasteiger partial charge in [0.25, 0.3) is 0 Å². The topological polar surface area (TPSA) is 94.3 Å². The molecule has 2 rings (SSSR count). The summed E-state index contributed by atoms with van der Waals surface area (Å²) in [5.41, 5.74) is 5.67. The second-order valence-corrected chi connectivity index (χ2v) is 5.37. The van der Waals surface area contributed by atoms with E-state index in [2.05, 4.69) is 10.3 Å². The molecular weight excluding hydrogens is 266 g/mol. The molecule has 7 heteroatoms. The molecule has 1 aliphatic rings. The van der Waals surface area contributed by atoms with Crippen molar-refractivity contribution >= 4 is 28.3 Å². The maximum absolute atomic E-state index is 11.7. The number of rotatable bonds is 6. The fourth-order valence-corrected chi connectivity index (χ4v) is 2.70. The Morgan fingerprint density at radius 2 is 2.42 bits per heavy atom. The average Bonchev–Trinajstić information content (AvgIpc) is 2.97. The number of nitrogens with one attached hydrogen (secondary N) is 1. The van der Waals surface area contributed by atoms with Gasteiger partial charge in [0.1, 0.15) is 0 Å². The quantitative estimate of drug-likeness (QED) is 0.816. The Morgan fingerprint density at radius 1 is 1.58 bits per heavy atom. The number of hydrogen-bond donors (Lipinski definition) is 2. The zero-order chi connectivity index (χ0) is 13.7. The Hall–Kier alpha value is -1.47. The molecule has 1 atom stereocenters. The van der Waals surface area contributed by atoms with E-state index in [1.54, 1.807) is 5.38 Å². The molecule has 0 aromatic carbocycles. The molecule has 0 unspecified atom stereocenters. The van der Waals surface area contributed by atoms with E-state index < -0.39 is 5.91 Å². The molecule has 0 radical (unpaired) electrons. The smallest absolute Gasteiger partial charge is 0.226 e. The summed E-state index contributed by atoms with van der Waals surface area (Å²) in [5, 5.41) is 4.95. The molecule has 2 amide bonds. The summed E-state index contributed by atoms with van der Waals surface area (Å²) >= 11 is 1.30. The van der Waals surface area contributed by atoms with Crippen molar-refractivity contribution in [2.45, 2.75) is 38.2 Å². The number of carbonyl (C=O) groups is 2. The number of carbonyl (C=O) groups excluding carboxylic acids is 2. The van der Waals surface area contributed by atoms with Gasteiger partial charge in [-0.2, -0.15) is 0 Å². The highest BCUT2D eigenvalue weighted by Crippen LogP contribution is 2.19. The van der Waals surface area contributed by atoms with Gasteiger partial charge < -0.3 is 15.8 Å². The van der Waals surface area contributed by atoms with Crippen LogP contribution < -0.4 is 11.1 Å². The summed E-state index contributed by atoms with van der Waals surface area (Å²) < 4.78 is 5.46. The Labute approximate surface area is 115 Å². The third kappa shape index (κ3) is 4.60. The predicted molar refractivity (Wildman–Crippen MR) is 71.9 cm³/mol. The number of amides is 2. The van der Waals surface area contributed by atoms with Crippen molar-refractivity contribution < 1.29 is 14.3 Å². The Morgan fingerprint density at radius 3 is 3.11 bits per heavy atom. The molecule has 19 heavy (non-hydrogen) atoms. The van der Waals surface area contributed by atoms with Crippen LogP contribution >= 0.6 is 11.3 Å². The highest BCUT2D eigenvalue weighted by atomic mass is 32.1. The molecule has 1 aromatic heterocycles. The van der Waals surface area contributed by atoms with Crippen LogP contribution in [-0.2, 0) is 20.7 Å². The van der Waals surface area contributed by atoms with Crippen molar-refractivity contribution in [1.82, 2.24) is 4.98 Å². The van der Waals surface area contributed by atoms with Gasteiger partial charge in [-0.15, -0.1) is 11.3 Å². The molecule has 1 saturated heterocycles. The largest absolute Gasteiger partial charge is 0.378 e. The van der Waals surface area contributed by atoms with Crippen LogP contribution in [-0.4, -0.2) is 29.5 Å². The second kappa shape index (κ2) is 6.63. The van der Waals surface area contributed by atoms with E-state index in [-0.39, 0.29) is 18.4 Å². The summed E-state index contributed by atoms with van der Waals surface area (Å²) in [7, 11) is 0. The molecular formula is C12H17N3O3S. The van der Waals surface area contributed by atoms with Crippen molar-refractivity contribution in [2.75, 3.05) is 11.9 Å². The lowest BCUT2D eigenvalue weighted by Crippen LogP contribution is -2.16. The lowest BCUT2D eigenvalue weighted by atomic mass is 10.1. The number of ether oxygens (including phenoxy) is 1. The molecule has 3 N–H and O–H groups in total. The first kappa shape index (κ1) is 14.0. The normalized spacial score (nSPS) is 18.4. The minimum atomic E-state index is -0.429. The van der Waals surface area contributed by atoms with Crippen LogP contribution in [0.15, 0.2) is 5.38 Å². The van der Waals surface area contributed by atoms with Gasteiger partial charge in [-0.1, -0.05) is 0 Å². The van der Waals surface area contributed by atoms with Gasteiger partial charge in [0.15, 0.2) is 5.13 Å². The lowest BCUT2D eigenvalue weighted by molar-refractivity contribution is -0.117. The van der Waals surface area contributed by atoms with E-state index in [1.807, 2.05) is 0 Å². The first-order chi connectivity index (χ1) is 9.13. The highest BCUT2D eigenvalue weighted by Gasteiger charge is 2.17. The molecule has 1 aromatic rings. The molecule has 1 fully saturated rings. The predicted octanol–water partition coefficient (Wildman–Crippen LogP) is 1.07. The molecule has 0 bridgehead atoms. The summed E-state index contributed by atoms with van der Waals surface area (Å²) in [6.45, 7) is 0.801. The summed E-state index contributed by atoms with van der Waals surface area (Å²) in [6, 6.07) is 0. The standard InChI is InChI=1S/C12H17N3O3S/c13-10(16)6-8-7-19-12(14-8)15-11(17)4-3-9-2-1-5-18-9/h7,9H,1-6H2,(H2,13,16)(H,14,15,17)/t9-/m0/s1. The van der Waals surface area contributed by atoms with Gasteiger partial charge in [0.05, 0.1) is 18.2 Å². The average molecular weight is 283 g/mol. The van der Waals surface area contributed by atoms with E-state index in [4.69, 9.17) is 10.5 Å². The lowest BCUT2D eigenvalue weighted by Gasteiger charge is -2.07. The van der Waals surface area contributed by atoms with Crippen LogP contribution in [0.4, 0.5) is 5.13 Å². The molecule has 0 saturated carbocycles. The van der Waals surface area contributed by atoms with Crippen molar-refractivity contribution in [2.24, 2.45) is 5.73 Å². The second-order valence-electron chi connectivity index (χ2n) is 4.51. The van der Waals surface area contributed by atoms with E-state index in [0.29, 0.717) is 17.2 Å². The van der Waals surface area contributed by atoms with Gasteiger partial charge in [0.2, 0.25) is 11.8 Å². The molecule has 0 aliphatic carbocycles. The van der Waals surface area contributed by atoms with Crippen molar-refractivity contribution in [1.29, 1.82) is 0 Å². The number of aromatic nitrogens is 1. The zero-order valence-electron chi connectivity index (χ0n) is 10.6.